The van der Waals surface area contributed by atoms with Gasteiger partial charge in [0.1, 0.15) is 5.15 Å². The van der Waals surface area contributed by atoms with Crippen molar-refractivity contribution in [3.63, 3.8) is 0 Å². The van der Waals surface area contributed by atoms with Gasteiger partial charge < -0.3 is 0 Å². The molecule has 0 aliphatic heterocycles. The number of nitrogens with zero attached hydrogens (tertiary/aromatic N) is 2. The molecule has 0 fully saturated rings. The highest BCUT2D eigenvalue weighted by molar-refractivity contribution is 6.32. The van der Waals surface area contributed by atoms with E-state index in [0.717, 1.165) is 16.8 Å². The highest BCUT2D eigenvalue weighted by Crippen LogP contribution is 2.30. The van der Waals surface area contributed by atoms with Gasteiger partial charge in [0.15, 0.2) is 0 Å². The van der Waals surface area contributed by atoms with Gasteiger partial charge in [-0.2, -0.15) is 5.10 Å². The first-order valence-electron chi connectivity index (χ1n) is 4.85. The predicted octanol–water partition coefficient (Wildman–Crippen LogP) is 3.36. The molecule has 0 bridgehead atoms. The summed E-state index contributed by atoms with van der Waals surface area (Å²) in [6, 6.07) is 8.31. The number of benzene rings is 1. The van der Waals surface area contributed by atoms with Crippen LogP contribution in [0.4, 0.5) is 0 Å². The molecule has 3 heteroatoms. The van der Waals surface area contributed by atoms with Crippen molar-refractivity contribution in [3.05, 3.63) is 40.7 Å². The third kappa shape index (κ3) is 1.77. The standard InChI is InChI=1S/C12H13ClN2/c1-8-4-6-10(7-5-8)11-9(2)14-15(3)12(11)13/h4-7H,1-3H3. The van der Waals surface area contributed by atoms with Crippen molar-refractivity contribution in [2.24, 2.45) is 7.05 Å². The van der Waals surface area contributed by atoms with E-state index in [9.17, 15) is 0 Å². The van der Waals surface area contributed by atoms with Crippen LogP contribution in [0.5, 0.6) is 0 Å². The van der Waals surface area contributed by atoms with Crippen LogP contribution >= 0.6 is 11.6 Å². The first-order chi connectivity index (χ1) is 7.09. The molecule has 1 aromatic carbocycles. The Kier molecular flexibility index (Phi) is 2.53. The number of hydrogen-bond acceptors (Lipinski definition) is 1. The van der Waals surface area contributed by atoms with Crippen LogP contribution in [-0.2, 0) is 7.05 Å². The molecule has 2 rings (SSSR count). The monoisotopic (exact) mass is 220 g/mol. The van der Waals surface area contributed by atoms with Gasteiger partial charge in [-0.15, -0.1) is 0 Å². The summed E-state index contributed by atoms with van der Waals surface area (Å²) in [5, 5.41) is 4.99. The fourth-order valence-corrected chi connectivity index (χ4v) is 1.96. The lowest BCUT2D eigenvalue weighted by molar-refractivity contribution is 0.757. The molecule has 0 unspecified atom stereocenters. The molecule has 2 nitrogen and oxygen atoms in total. The number of aromatic nitrogens is 2. The van der Waals surface area contributed by atoms with Crippen LogP contribution in [-0.4, -0.2) is 9.78 Å². The predicted molar refractivity (Wildman–Crippen MR) is 63.1 cm³/mol. The quantitative estimate of drug-likeness (QED) is 0.721. The highest BCUT2D eigenvalue weighted by atomic mass is 35.5. The van der Waals surface area contributed by atoms with E-state index >= 15 is 0 Å². The molecule has 0 spiro atoms. The molecule has 0 aliphatic carbocycles. The van der Waals surface area contributed by atoms with Crippen molar-refractivity contribution < 1.29 is 0 Å². The zero-order valence-electron chi connectivity index (χ0n) is 9.08. The summed E-state index contributed by atoms with van der Waals surface area (Å²) in [5.74, 6) is 0. The van der Waals surface area contributed by atoms with Gasteiger partial charge >= 0.3 is 0 Å². The van der Waals surface area contributed by atoms with Gasteiger partial charge in [-0.3, -0.25) is 4.68 Å². The molecule has 78 valence electrons. The largest absolute Gasteiger partial charge is 0.256 e. The lowest BCUT2D eigenvalue weighted by Crippen LogP contribution is -1.88. The zero-order valence-corrected chi connectivity index (χ0v) is 9.84. The Balaban J connectivity index is 2.58. The van der Waals surface area contributed by atoms with E-state index in [4.69, 9.17) is 11.6 Å². The smallest absolute Gasteiger partial charge is 0.134 e. The fourth-order valence-electron chi connectivity index (χ4n) is 1.68. The minimum Gasteiger partial charge on any atom is -0.256 e. The van der Waals surface area contributed by atoms with Crippen LogP contribution in [0.2, 0.25) is 5.15 Å². The average molecular weight is 221 g/mol. The molecule has 0 radical (unpaired) electrons. The third-order valence-corrected chi connectivity index (χ3v) is 2.93. The second-order valence-corrected chi connectivity index (χ2v) is 4.10. The number of rotatable bonds is 1. The van der Waals surface area contributed by atoms with E-state index in [-0.39, 0.29) is 0 Å². The van der Waals surface area contributed by atoms with Gasteiger partial charge in [-0.25, -0.2) is 0 Å². The lowest BCUT2D eigenvalue weighted by Gasteiger charge is -2.01. The topological polar surface area (TPSA) is 17.8 Å². The average Bonchev–Trinajstić information content (AvgIpc) is 2.44. The van der Waals surface area contributed by atoms with Gasteiger partial charge in [-0.1, -0.05) is 41.4 Å². The van der Waals surface area contributed by atoms with Crippen LogP contribution in [0.25, 0.3) is 11.1 Å². The van der Waals surface area contributed by atoms with Crippen molar-refractivity contribution in [2.45, 2.75) is 13.8 Å². The molecule has 15 heavy (non-hydrogen) atoms. The van der Waals surface area contributed by atoms with E-state index < -0.39 is 0 Å². The van der Waals surface area contributed by atoms with Crippen LogP contribution in [0, 0.1) is 13.8 Å². The van der Waals surface area contributed by atoms with Crippen molar-refractivity contribution in [3.8, 4) is 11.1 Å². The van der Waals surface area contributed by atoms with Crippen molar-refractivity contribution in [1.82, 2.24) is 9.78 Å². The minimum absolute atomic E-state index is 0.691. The number of hydrogen-bond donors (Lipinski definition) is 0. The fraction of sp³-hybridized carbons (Fsp3) is 0.250. The summed E-state index contributed by atoms with van der Waals surface area (Å²) in [4.78, 5) is 0. The zero-order chi connectivity index (χ0) is 11.0. The Hall–Kier alpha value is -1.28. The Morgan fingerprint density at radius 1 is 1.13 bits per heavy atom. The van der Waals surface area contributed by atoms with Crippen LogP contribution < -0.4 is 0 Å². The summed E-state index contributed by atoms with van der Waals surface area (Å²) in [5.41, 5.74) is 4.36. The van der Waals surface area contributed by atoms with Crippen LogP contribution in [0.15, 0.2) is 24.3 Å². The summed E-state index contributed by atoms with van der Waals surface area (Å²) >= 11 is 6.19. The first kappa shape index (κ1) is 10.2. The van der Waals surface area contributed by atoms with E-state index in [2.05, 4.69) is 36.3 Å². The molecule has 1 aromatic heterocycles. The molecule has 2 aromatic rings. The molecule has 0 atom stereocenters. The maximum absolute atomic E-state index is 6.19. The Labute approximate surface area is 94.5 Å². The molecule has 0 saturated heterocycles. The van der Waals surface area contributed by atoms with Gasteiger partial charge in [-0.05, 0) is 19.4 Å². The SMILES string of the molecule is Cc1ccc(-c2c(C)nn(C)c2Cl)cc1. The molecule has 0 N–H and O–H groups in total. The van der Waals surface area contributed by atoms with Crippen LogP contribution in [0.1, 0.15) is 11.3 Å². The summed E-state index contributed by atoms with van der Waals surface area (Å²) < 4.78 is 1.70. The second kappa shape index (κ2) is 3.70. The van der Waals surface area contributed by atoms with Gasteiger partial charge in [0.25, 0.3) is 0 Å². The van der Waals surface area contributed by atoms with Gasteiger partial charge in [0.2, 0.25) is 0 Å². The summed E-state index contributed by atoms with van der Waals surface area (Å²) in [7, 11) is 1.85. The van der Waals surface area contributed by atoms with Crippen molar-refractivity contribution >= 4 is 11.6 Å². The Morgan fingerprint density at radius 2 is 1.73 bits per heavy atom. The second-order valence-electron chi connectivity index (χ2n) is 3.74. The van der Waals surface area contributed by atoms with Gasteiger partial charge in [0.05, 0.1) is 5.69 Å². The molecular weight excluding hydrogens is 208 g/mol. The lowest BCUT2D eigenvalue weighted by atomic mass is 10.1. The molecule has 1 heterocycles. The molecule has 0 amide bonds. The first-order valence-corrected chi connectivity index (χ1v) is 5.23. The number of aryl methyl sites for hydroxylation is 3. The van der Waals surface area contributed by atoms with Gasteiger partial charge in [0, 0.05) is 12.6 Å². The molecule has 0 aliphatic rings. The molecule has 0 saturated carbocycles. The van der Waals surface area contributed by atoms with E-state index in [0.29, 0.717) is 5.15 Å². The van der Waals surface area contributed by atoms with E-state index in [1.165, 1.54) is 5.56 Å². The molecular formula is C12H13ClN2. The Bertz CT molecular complexity index is 483. The minimum atomic E-state index is 0.691. The number of halogens is 1. The summed E-state index contributed by atoms with van der Waals surface area (Å²) in [6.45, 7) is 4.04. The van der Waals surface area contributed by atoms with E-state index in [1.807, 2.05) is 14.0 Å². The summed E-state index contributed by atoms with van der Waals surface area (Å²) in [6.07, 6.45) is 0. The van der Waals surface area contributed by atoms with Crippen LogP contribution in [0.3, 0.4) is 0 Å². The maximum Gasteiger partial charge on any atom is 0.134 e. The van der Waals surface area contributed by atoms with Crippen molar-refractivity contribution in [1.29, 1.82) is 0 Å². The third-order valence-electron chi connectivity index (χ3n) is 2.49. The Morgan fingerprint density at radius 3 is 2.20 bits per heavy atom. The van der Waals surface area contributed by atoms with Crippen molar-refractivity contribution in [2.75, 3.05) is 0 Å². The maximum atomic E-state index is 6.19. The normalized spacial score (nSPS) is 10.7. The van der Waals surface area contributed by atoms with E-state index in [1.54, 1.807) is 4.68 Å². The highest BCUT2D eigenvalue weighted by Gasteiger charge is 2.12.